The van der Waals surface area contributed by atoms with E-state index in [1.54, 1.807) is 0 Å². The predicted molar refractivity (Wildman–Crippen MR) is 326 cm³/mol. The minimum Gasteiger partial charge on any atom is -0.462 e. The summed E-state index contributed by atoms with van der Waals surface area (Å²) in [7, 11) is -9.89. The van der Waals surface area contributed by atoms with E-state index in [1.165, 1.54) is 89.9 Å². The van der Waals surface area contributed by atoms with Crippen LogP contribution in [0.2, 0.25) is 0 Å². The van der Waals surface area contributed by atoms with Crippen molar-refractivity contribution >= 4 is 39.5 Å². The molecule has 0 saturated carbocycles. The largest absolute Gasteiger partial charge is 0.472 e. The third-order valence-electron chi connectivity index (χ3n) is 14.7. The Morgan fingerprint density at radius 1 is 0.341 bits per heavy atom. The molecule has 0 radical (unpaired) electrons. The van der Waals surface area contributed by atoms with Crippen LogP contribution in [0.4, 0.5) is 0 Å². The standard InChI is InChI=1S/C63H122O17P2/c1-9-56(8)42-34-26-16-12-10-11-13-17-29-37-45-62(67)79-58(49-73-60(65)43-35-27-21-19-24-32-40-54(4)5)51-77-81(69,70)75-47-57(64)48-76-82(71,72)78-52-59(50-74-61(66)44-36-28-22-20-25-33-41-55(6)7)80-63(68)46-38-30-18-14-15-23-31-39-53(2)3/h53-59,64H,9-52H2,1-8H3,(H,69,70)(H,71,72)/t56?,57-,58+,59+/m0/s1. The minimum absolute atomic E-state index is 0.102. The first-order chi connectivity index (χ1) is 39.1. The van der Waals surface area contributed by atoms with E-state index in [2.05, 4.69) is 55.4 Å². The number of aliphatic hydroxyl groups is 1. The molecule has 0 aromatic carbocycles. The summed E-state index contributed by atoms with van der Waals surface area (Å²) >= 11 is 0. The topological polar surface area (TPSA) is 237 Å². The van der Waals surface area contributed by atoms with Gasteiger partial charge in [0.25, 0.3) is 0 Å². The second-order valence-corrected chi connectivity index (χ2v) is 27.4. The van der Waals surface area contributed by atoms with Gasteiger partial charge < -0.3 is 33.8 Å². The van der Waals surface area contributed by atoms with E-state index in [-0.39, 0.29) is 25.7 Å². The van der Waals surface area contributed by atoms with E-state index >= 15 is 0 Å². The molecule has 0 aromatic heterocycles. The van der Waals surface area contributed by atoms with E-state index in [0.29, 0.717) is 43.4 Å². The van der Waals surface area contributed by atoms with Crippen LogP contribution in [0.5, 0.6) is 0 Å². The van der Waals surface area contributed by atoms with Crippen LogP contribution in [0.25, 0.3) is 0 Å². The number of hydrogen-bond acceptors (Lipinski definition) is 15. The second kappa shape index (κ2) is 53.3. The average molecular weight is 1210 g/mol. The summed E-state index contributed by atoms with van der Waals surface area (Å²) in [5.41, 5.74) is 0. The zero-order valence-corrected chi connectivity index (χ0v) is 54.9. The van der Waals surface area contributed by atoms with Gasteiger partial charge in [0.1, 0.15) is 19.3 Å². The maximum absolute atomic E-state index is 13.0. The van der Waals surface area contributed by atoms with Crippen molar-refractivity contribution in [1.29, 1.82) is 0 Å². The van der Waals surface area contributed by atoms with Crippen molar-refractivity contribution in [3.05, 3.63) is 0 Å². The number of carbonyl (C=O) groups excluding carboxylic acids is 4. The Morgan fingerprint density at radius 2 is 0.585 bits per heavy atom. The summed E-state index contributed by atoms with van der Waals surface area (Å²) < 4.78 is 67.9. The van der Waals surface area contributed by atoms with Gasteiger partial charge in [0.2, 0.25) is 0 Å². The van der Waals surface area contributed by atoms with E-state index in [4.69, 9.17) is 37.0 Å². The number of phosphoric acid groups is 2. The fourth-order valence-corrected chi connectivity index (χ4v) is 10.8. The van der Waals surface area contributed by atoms with Gasteiger partial charge in [0, 0.05) is 25.7 Å². The third kappa shape index (κ3) is 55.9. The maximum atomic E-state index is 13.0. The highest BCUT2D eigenvalue weighted by Gasteiger charge is 2.30. The molecule has 0 saturated heterocycles. The molecule has 0 heterocycles. The Labute approximate surface area is 498 Å². The summed E-state index contributed by atoms with van der Waals surface area (Å²) in [5, 5.41) is 10.5. The Hall–Kier alpha value is -1.94. The van der Waals surface area contributed by atoms with Crippen molar-refractivity contribution in [3.8, 4) is 0 Å². The van der Waals surface area contributed by atoms with E-state index in [9.17, 15) is 43.2 Å². The summed E-state index contributed by atoms with van der Waals surface area (Å²) in [6.07, 6.45) is 32.4. The van der Waals surface area contributed by atoms with Gasteiger partial charge in [-0.3, -0.25) is 37.3 Å². The number of rotatable bonds is 60. The number of carbonyl (C=O) groups is 4. The molecule has 0 spiro atoms. The van der Waals surface area contributed by atoms with Crippen molar-refractivity contribution < 1.29 is 80.2 Å². The first-order valence-electron chi connectivity index (χ1n) is 32.7. The van der Waals surface area contributed by atoms with Crippen LogP contribution in [-0.4, -0.2) is 96.7 Å². The molecule has 0 aromatic rings. The average Bonchev–Trinajstić information content (AvgIpc) is 3.42. The second-order valence-electron chi connectivity index (χ2n) is 24.5. The minimum atomic E-state index is -4.94. The number of phosphoric ester groups is 2. The van der Waals surface area contributed by atoms with Crippen LogP contribution in [-0.2, 0) is 65.4 Å². The molecular weight excluding hydrogens is 1090 g/mol. The number of unbranched alkanes of at least 4 members (excludes halogenated alkanes) is 25. The van der Waals surface area contributed by atoms with E-state index in [0.717, 1.165) is 109 Å². The van der Waals surface area contributed by atoms with Crippen molar-refractivity contribution in [2.24, 2.45) is 23.7 Å². The smallest absolute Gasteiger partial charge is 0.462 e. The highest BCUT2D eigenvalue weighted by atomic mass is 31.2. The molecule has 3 unspecified atom stereocenters. The van der Waals surface area contributed by atoms with Gasteiger partial charge in [0.05, 0.1) is 26.4 Å². The van der Waals surface area contributed by atoms with Crippen LogP contribution in [0.1, 0.15) is 299 Å². The molecule has 486 valence electrons. The summed E-state index contributed by atoms with van der Waals surface area (Å²) in [4.78, 5) is 72.1. The molecule has 6 atom stereocenters. The molecular formula is C63H122O17P2. The van der Waals surface area contributed by atoms with Crippen LogP contribution in [0, 0.1) is 23.7 Å². The molecule has 0 amide bonds. The zero-order chi connectivity index (χ0) is 61.1. The van der Waals surface area contributed by atoms with E-state index in [1.807, 2.05) is 0 Å². The lowest BCUT2D eigenvalue weighted by atomic mass is 9.99. The normalized spacial score (nSPS) is 14.8. The van der Waals surface area contributed by atoms with E-state index < -0.39 is 97.5 Å². The Bertz CT molecular complexity index is 1650. The summed E-state index contributed by atoms with van der Waals surface area (Å²) in [6.45, 7) is 13.9. The first kappa shape index (κ1) is 80.1. The van der Waals surface area contributed by atoms with Crippen molar-refractivity contribution in [2.75, 3.05) is 39.6 Å². The Balaban J connectivity index is 5.24. The van der Waals surface area contributed by atoms with Gasteiger partial charge in [-0.2, -0.15) is 0 Å². The summed E-state index contributed by atoms with van der Waals surface area (Å²) in [5.74, 6) is 0.713. The molecule has 17 nitrogen and oxygen atoms in total. The van der Waals surface area contributed by atoms with Gasteiger partial charge >= 0.3 is 39.5 Å². The van der Waals surface area contributed by atoms with Gasteiger partial charge in [-0.05, 0) is 49.4 Å². The molecule has 0 bridgehead atoms. The third-order valence-corrected chi connectivity index (χ3v) is 16.6. The Kier molecular flexibility index (Phi) is 52.0. The zero-order valence-electron chi connectivity index (χ0n) is 53.1. The highest BCUT2D eigenvalue weighted by Crippen LogP contribution is 2.45. The molecule has 0 aliphatic heterocycles. The van der Waals surface area contributed by atoms with Crippen LogP contribution < -0.4 is 0 Å². The van der Waals surface area contributed by atoms with Gasteiger partial charge in [0.15, 0.2) is 12.2 Å². The molecule has 0 aliphatic rings. The lowest BCUT2D eigenvalue weighted by Crippen LogP contribution is -2.30. The SMILES string of the molecule is CCC(C)CCCCCCCCCCCCC(=O)O[C@H](COC(=O)CCCCCCCCC(C)C)COP(=O)(O)OC[C@H](O)COP(=O)(O)OC[C@@H](COC(=O)CCCCCCCCC(C)C)OC(=O)CCCCCCCCCC(C)C. The highest BCUT2D eigenvalue weighted by molar-refractivity contribution is 7.47. The van der Waals surface area contributed by atoms with Crippen LogP contribution in [0.15, 0.2) is 0 Å². The molecule has 82 heavy (non-hydrogen) atoms. The molecule has 0 rings (SSSR count). The maximum Gasteiger partial charge on any atom is 0.472 e. The van der Waals surface area contributed by atoms with Crippen LogP contribution in [0.3, 0.4) is 0 Å². The number of ether oxygens (including phenoxy) is 4. The lowest BCUT2D eigenvalue weighted by molar-refractivity contribution is -0.161. The lowest BCUT2D eigenvalue weighted by Gasteiger charge is -2.21. The monoisotopic (exact) mass is 1210 g/mol. The van der Waals surface area contributed by atoms with Gasteiger partial charge in [-0.1, -0.05) is 248 Å². The molecule has 0 fully saturated rings. The number of aliphatic hydroxyl groups excluding tert-OH is 1. The molecule has 3 N–H and O–H groups in total. The number of hydrogen-bond donors (Lipinski definition) is 3. The van der Waals surface area contributed by atoms with Crippen molar-refractivity contribution in [2.45, 2.75) is 318 Å². The molecule has 19 heteroatoms. The number of esters is 4. The Morgan fingerprint density at radius 3 is 0.866 bits per heavy atom. The quantitative estimate of drug-likeness (QED) is 0.0222. The van der Waals surface area contributed by atoms with Crippen molar-refractivity contribution in [1.82, 2.24) is 0 Å². The fraction of sp³-hybridized carbons (Fsp3) is 0.937. The van der Waals surface area contributed by atoms with Gasteiger partial charge in [-0.15, -0.1) is 0 Å². The predicted octanol–water partition coefficient (Wildman–Crippen LogP) is 17.0. The van der Waals surface area contributed by atoms with Crippen LogP contribution >= 0.6 is 15.6 Å². The molecule has 0 aliphatic carbocycles. The van der Waals surface area contributed by atoms with Gasteiger partial charge in [-0.25, -0.2) is 9.13 Å². The first-order valence-corrected chi connectivity index (χ1v) is 35.7. The fourth-order valence-electron chi connectivity index (χ4n) is 9.22. The van der Waals surface area contributed by atoms with Crippen molar-refractivity contribution in [3.63, 3.8) is 0 Å². The summed E-state index contributed by atoms with van der Waals surface area (Å²) in [6, 6.07) is 0.